The summed E-state index contributed by atoms with van der Waals surface area (Å²) >= 11 is 0. The van der Waals surface area contributed by atoms with Gasteiger partial charge in [0.2, 0.25) is 0 Å². The predicted octanol–water partition coefficient (Wildman–Crippen LogP) is -0.388. The van der Waals surface area contributed by atoms with Crippen LogP contribution in [0.15, 0.2) is 0 Å². The first-order valence-corrected chi connectivity index (χ1v) is 7.21. The molecule has 7 aliphatic rings. The van der Waals surface area contributed by atoms with Crippen LogP contribution in [0, 0.1) is 22.7 Å². The van der Waals surface area contributed by atoms with E-state index >= 15 is 0 Å². The number of fused-ring (bicyclic) bond motifs is 2. The molecule has 4 heterocycles. The van der Waals surface area contributed by atoms with Crippen molar-refractivity contribution in [3.8, 4) is 0 Å². The molecule has 0 aromatic rings. The lowest BCUT2D eigenvalue weighted by molar-refractivity contribution is -0.302. The summed E-state index contributed by atoms with van der Waals surface area (Å²) in [7, 11) is 4.40. The Labute approximate surface area is 109 Å². The third-order valence-electron chi connectivity index (χ3n) is 7.06. The van der Waals surface area contributed by atoms with Crippen LogP contribution in [0.25, 0.3) is 0 Å². The van der Waals surface area contributed by atoms with Crippen molar-refractivity contribution in [3.05, 3.63) is 0 Å². The minimum Gasteiger partial charge on any atom is -0.396 e. The molecule has 4 heteroatoms. The molecule has 4 saturated heterocycles. The summed E-state index contributed by atoms with van der Waals surface area (Å²) in [6.45, 7) is 2.88. The van der Waals surface area contributed by atoms with Crippen LogP contribution in [0.2, 0.25) is 0 Å². The zero-order valence-corrected chi connectivity index (χ0v) is 11.3. The van der Waals surface area contributed by atoms with Gasteiger partial charge in [0, 0.05) is 36.0 Å². The SMILES string of the molecule is CN1CC2C3CN(C)C4CC3(CO)C1CC24CO. The van der Waals surface area contributed by atoms with Crippen LogP contribution in [0.5, 0.6) is 0 Å². The molecular weight excluding hydrogens is 228 g/mol. The van der Waals surface area contributed by atoms with Crippen molar-refractivity contribution in [2.75, 3.05) is 40.4 Å². The largest absolute Gasteiger partial charge is 0.396 e. The van der Waals surface area contributed by atoms with Crippen LogP contribution in [-0.4, -0.2) is 72.5 Å². The molecule has 2 N–H and O–H groups in total. The lowest BCUT2D eigenvalue weighted by Gasteiger charge is -2.78. The Morgan fingerprint density at radius 1 is 0.889 bits per heavy atom. The Balaban J connectivity index is 1.87. The van der Waals surface area contributed by atoms with E-state index < -0.39 is 0 Å². The van der Waals surface area contributed by atoms with E-state index in [-0.39, 0.29) is 10.8 Å². The third-order valence-corrected chi connectivity index (χ3v) is 7.06. The molecule has 102 valence electrons. The van der Waals surface area contributed by atoms with Gasteiger partial charge in [0.05, 0.1) is 13.2 Å². The van der Waals surface area contributed by atoms with Crippen molar-refractivity contribution >= 4 is 0 Å². The lowest BCUT2D eigenvalue weighted by Crippen LogP contribution is -2.83. The average molecular weight is 252 g/mol. The van der Waals surface area contributed by atoms with E-state index in [1.165, 1.54) is 0 Å². The molecule has 6 bridgehead atoms. The van der Waals surface area contributed by atoms with Gasteiger partial charge in [-0.3, -0.25) is 0 Å². The maximum absolute atomic E-state index is 10.1. The number of aliphatic hydroxyl groups is 2. The summed E-state index contributed by atoms with van der Waals surface area (Å²) in [5.74, 6) is 1.17. The summed E-state index contributed by atoms with van der Waals surface area (Å²) in [6, 6.07) is 0.962. The Hall–Kier alpha value is -0.160. The Bertz CT molecular complexity index is 354. The molecular formula is C14H24N2O2. The van der Waals surface area contributed by atoms with E-state index in [0.29, 0.717) is 37.1 Å². The van der Waals surface area contributed by atoms with Crippen molar-refractivity contribution < 1.29 is 10.2 Å². The minimum absolute atomic E-state index is 0.117. The van der Waals surface area contributed by atoms with Crippen LogP contribution in [0.4, 0.5) is 0 Å². The van der Waals surface area contributed by atoms with Gasteiger partial charge in [-0.15, -0.1) is 0 Å². The van der Waals surface area contributed by atoms with Gasteiger partial charge in [0.15, 0.2) is 0 Å². The Kier molecular flexibility index (Phi) is 2.13. The smallest absolute Gasteiger partial charge is 0.0506 e. The first-order valence-electron chi connectivity index (χ1n) is 7.21. The molecule has 0 amide bonds. The zero-order chi connectivity index (χ0) is 12.7. The molecule has 7 fully saturated rings. The van der Waals surface area contributed by atoms with Crippen molar-refractivity contribution in [2.45, 2.75) is 24.9 Å². The number of aliphatic hydroxyl groups excluding tert-OH is 2. The molecule has 18 heavy (non-hydrogen) atoms. The normalized spacial score (nSPS) is 58.7. The standard InChI is InChI=1S/C14H24N2O2/c1-15-5-9-10-6-16(2)12-4-13(10,7-17)11(15)3-14(9,12)8-18/h9-12,17-18H,3-8H2,1-2H3. The van der Waals surface area contributed by atoms with Gasteiger partial charge in [0.25, 0.3) is 0 Å². The summed E-state index contributed by atoms with van der Waals surface area (Å²) in [4.78, 5) is 4.90. The van der Waals surface area contributed by atoms with Gasteiger partial charge in [-0.1, -0.05) is 0 Å². The number of hydrogen-bond acceptors (Lipinski definition) is 4. The molecule has 0 spiro atoms. The highest BCUT2D eigenvalue weighted by molar-refractivity contribution is 5.25. The number of piperidine rings is 4. The fraction of sp³-hybridized carbons (Fsp3) is 1.00. The van der Waals surface area contributed by atoms with Gasteiger partial charge < -0.3 is 20.0 Å². The van der Waals surface area contributed by atoms with Crippen molar-refractivity contribution in [3.63, 3.8) is 0 Å². The third kappa shape index (κ3) is 0.974. The molecule has 0 radical (unpaired) electrons. The fourth-order valence-corrected chi connectivity index (χ4v) is 6.25. The number of nitrogens with zero attached hydrogens (tertiary/aromatic N) is 2. The van der Waals surface area contributed by atoms with Gasteiger partial charge in [-0.2, -0.15) is 0 Å². The van der Waals surface area contributed by atoms with E-state index in [2.05, 4.69) is 23.9 Å². The van der Waals surface area contributed by atoms with Crippen LogP contribution >= 0.6 is 0 Å². The fourth-order valence-electron chi connectivity index (χ4n) is 6.25. The summed E-state index contributed by atoms with van der Waals surface area (Å²) < 4.78 is 0. The molecule has 4 aliphatic heterocycles. The van der Waals surface area contributed by atoms with Crippen LogP contribution < -0.4 is 0 Å². The molecule has 0 aromatic heterocycles. The topological polar surface area (TPSA) is 46.9 Å². The second-order valence-corrected chi connectivity index (χ2v) is 7.31. The summed E-state index contributed by atoms with van der Waals surface area (Å²) in [5, 5.41) is 20.1. The van der Waals surface area contributed by atoms with Gasteiger partial charge in [-0.05, 0) is 38.8 Å². The zero-order valence-electron chi connectivity index (χ0n) is 11.3. The minimum atomic E-state index is 0.117. The van der Waals surface area contributed by atoms with Crippen LogP contribution in [-0.2, 0) is 0 Å². The first-order chi connectivity index (χ1) is 8.59. The highest BCUT2D eigenvalue weighted by Gasteiger charge is 2.74. The highest BCUT2D eigenvalue weighted by atomic mass is 16.3. The number of rotatable bonds is 2. The average Bonchev–Trinajstić information content (AvgIpc) is 2.40. The van der Waals surface area contributed by atoms with E-state index in [1.807, 2.05) is 0 Å². The molecule has 6 unspecified atom stereocenters. The van der Waals surface area contributed by atoms with E-state index in [4.69, 9.17) is 0 Å². The summed E-state index contributed by atoms with van der Waals surface area (Å²) in [6.07, 6.45) is 2.16. The van der Waals surface area contributed by atoms with Crippen molar-refractivity contribution in [1.29, 1.82) is 0 Å². The van der Waals surface area contributed by atoms with Crippen LogP contribution in [0.1, 0.15) is 12.8 Å². The van der Waals surface area contributed by atoms with Crippen molar-refractivity contribution in [2.24, 2.45) is 22.7 Å². The van der Waals surface area contributed by atoms with Crippen LogP contribution in [0.3, 0.4) is 0 Å². The number of hydrogen-bond donors (Lipinski definition) is 2. The van der Waals surface area contributed by atoms with Crippen molar-refractivity contribution in [1.82, 2.24) is 9.80 Å². The maximum atomic E-state index is 10.1. The quantitative estimate of drug-likeness (QED) is 0.703. The van der Waals surface area contributed by atoms with E-state index in [0.717, 1.165) is 25.9 Å². The van der Waals surface area contributed by atoms with E-state index in [9.17, 15) is 10.2 Å². The van der Waals surface area contributed by atoms with Gasteiger partial charge in [-0.25, -0.2) is 0 Å². The first kappa shape index (κ1) is 11.6. The monoisotopic (exact) mass is 252 g/mol. The molecule has 7 rings (SSSR count). The molecule has 6 atom stereocenters. The molecule has 4 nitrogen and oxygen atoms in total. The summed E-state index contributed by atoms with van der Waals surface area (Å²) in [5.41, 5.74) is 0.234. The second-order valence-electron chi connectivity index (χ2n) is 7.31. The Morgan fingerprint density at radius 3 is 1.61 bits per heavy atom. The maximum Gasteiger partial charge on any atom is 0.0506 e. The molecule has 0 aromatic carbocycles. The predicted molar refractivity (Wildman–Crippen MR) is 68.1 cm³/mol. The molecule has 3 saturated carbocycles. The van der Waals surface area contributed by atoms with Gasteiger partial charge in [0.1, 0.15) is 0 Å². The Morgan fingerprint density at radius 2 is 1.28 bits per heavy atom. The molecule has 3 aliphatic carbocycles. The van der Waals surface area contributed by atoms with E-state index in [1.54, 1.807) is 0 Å². The highest BCUT2D eigenvalue weighted by Crippen LogP contribution is 2.69. The lowest BCUT2D eigenvalue weighted by atomic mass is 9.37. The second kappa shape index (κ2) is 3.29. The van der Waals surface area contributed by atoms with Gasteiger partial charge >= 0.3 is 0 Å².